The largest absolute Gasteiger partial charge is 0.326 e. The first-order valence-corrected chi connectivity index (χ1v) is 11.0. The van der Waals surface area contributed by atoms with Gasteiger partial charge in [0.25, 0.3) is 0 Å². The number of carbonyl (C=O) groups excluding carboxylic acids is 2. The van der Waals surface area contributed by atoms with Gasteiger partial charge in [0.2, 0.25) is 11.8 Å². The molecule has 0 saturated heterocycles. The van der Waals surface area contributed by atoms with Gasteiger partial charge in [0.1, 0.15) is 5.25 Å². The maximum Gasteiger partial charge on any atom is 0.242 e. The van der Waals surface area contributed by atoms with Crippen LogP contribution in [-0.4, -0.2) is 11.8 Å². The minimum atomic E-state index is -0.455. The lowest BCUT2D eigenvalue weighted by atomic mass is 10.1. The molecule has 0 aliphatic rings. The Labute approximate surface area is 186 Å². The van der Waals surface area contributed by atoms with Crippen LogP contribution in [0.1, 0.15) is 30.6 Å². The molecule has 0 aliphatic carbocycles. The van der Waals surface area contributed by atoms with Gasteiger partial charge in [0, 0.05) is 27.7 Å². The van der Waals surface area contributed by atoms with Crippen LogP contribution in [0.4, 0.5) is 11.4 Å². The van der Waals surface area contributed by atoms with Gasteiger partial charge >= 0.3 is 0 Å². The van der Waals surface area contributed by atoms with E-state index in [0.29, 0.717) is 17.1 Å². The molecule has 30 heavy (non-hydrogen) atoms. The maximum atomic E-state index is 13.1. The Morgan fingerprint density at radius 1 is 0.900 bits per heavy atom. The molecule has 3 aromatic carbocycles. The van der Waals surface area contributed by atoms with E-state index < -0.39 is 5.25 Å². The van der Waals surface area contributed by atoms with Crippen molar-refractivity contribution in [2.45, 2.75) is 29.9 Å². The van der Waals surface area contributed by atoms with Gasteiger partial charge in [-0.25, -0.2) is 0 Å². The first kappa shape index (κ1) is 21.9. The second-order valence-corrected chi connectivity index (χ2v) is 8.35. The van der Waals surface area contributed by atoms with E-state index in [1.165, 1.54) is 11.8 Å². The molecular formula is C24H23ClN2O2S. The molecule has 2 N–H and O–H groups in total. The Kier molecular flexibility index (Phi) is 7.94. The van der Waals surface area contributed by atoms with Crippen molar-refractivity contribution in [3.8, 4) is 0 Å². The van der Waals surface area contributed by atoms with Crippen molar-refractivity contribution >= 4 is 46.6 Å². The van der Waals surface area contributed by atoms with Crippen molar-refractivity contribution in [1.82, 2.24) is 0 Å². The topological polar surface area (TPSA) is 58.2 Å². The van der Waals surface area contributed by atoms with E-state index >= 15 is 0 Å². The van der Waals surface area contributed by atoms with E-state index in [-0.39, 0.29) is 11.8 Å². The highest BCUT2D eigenvalue weighted by molar-refractivity contribution is 8.00. The zero-order valence-electron chi connectivity index (χ0n) is 16.6. The molecule has 0 aromatic heterocycles. The molecule has 154 valence electrons. The number of nitrogens with one attached hydrogen (secondary N) is 2. The molecule has 0 aliphatic heterocycles. The van der Waals surface area contributed by atoms with Crippen LogP contribution in [0.3, 0.4) is 0 Å². The van der Waals surface area contributed by atoms with Gasteiger partial charge in [0.15, 0.2) is 0 Å². The third-order valence-electron chi connectivity index (χ3n) is 4.30. The van der Waals surface area contributed by atoms with E-state index in [4.69, 9.17) is 11.6 Å². The number of halogens is 1. The Morgan fingerprint density at radius 2 is 1.63 bits per heavy atom. The summed E-state index contributed by atoms with van der Waals surface area (Å²) in [5, 5.41) is 6.03. The fraction of sp³-hybridized carbons (Fsp3) is 0.167. The number of anilines is 2. The molecule has 1 unspecified atom stereocenters. The van der Waals surface area contributed by atoms with Crippen LogP contribution in [0.25, 0.3) is 0 Å². The van der Waals surface area contributed by atoms with E-state index in [2.05, 4.69) is 10.6 Å². The van der Waals surface area contributed by atoms with Crippen molar-refractivity contribution in [2.24, 2.45) is 0 Å². The molecule has 1 atom stereocenters. The molecule has 0 fully saturated rings. The van der Waals surface area contributed by atoms with Gasteiger partial charge in [-0.05, 0) is 54.4 Å². The molecule has 0 bridgehead atoms. The molecule has 0 saturated carbocycles. The zero-order chi connectivity index (χ0) is 21.3. The number of thioether (sulfide) groups is 1. The third kappa shape index (κ3) is 6.37. The monoisotopic (exact) mass is 438 g/mol. The van der Waals surface area contributed by atoms with Gasteiger partial charge in [-0.3, -0.25) is 9.59 Å². The van der Waals surface area contributed by atoms with Crippen LogP contribution in [0.2, 0.25) is 5.02 Å². The highest BCUT2D eigenvalue weighted by Gasteiger charge is 2.22. The highest BCUT2D eigenvalue weighted by Crippen LogP contribution is 2.37. The van der Waals surface area contributed by atoms with Crippen molar-refractivity contribution in [3.05, 3.63) is 89.4 Å². The average Bonchev–Trinajstić information content (AvgIpc) is 2.74. The lowest BCUT2D eigenvalue weighted by Crippen LogP contribution is -2.19. The van der Waals surface area contributed by atoms with Crippen molar-refractivity contribution in [3.63, 3.8) is 0 Å². The van der Waals surface area contributed by atoms with Crippen molar-refractivity contribution in [1.29, 1.82) is 0 Å². The predicted molar refractivity (Wildman–Crippen MR) is 125 cm³/mol. The van der Waals surface area contributed by atoms with Crippen molar-refractivity contribution in [2.75, 3.05) is 10.6 Å². The van der Waals surface area contributed by atoms with Crippen LogP contribution in [0.5, 0.6) is 0 Å². The van der Waals surface area contributed by atoms with Crippen LogP contribution in [0, 0.1) is 0 Å². The second-order valence-electron chi connectivity index (χ2n) is 6.73. The van der Waals surface area contributed by atoms with E-state index in [0.717, 1.165) is 22.6 Å². The summed E-state index contributed by atoms with van der Waals surface area (Å²) >= 11 is 7.38. The molecule has 6 heteroatoms. The Morgan fingerprint density at radius 3 is 2.33 bits per heavy atom. The van der Waals surface area contributed by atoms with E-state index in [1.807, 2.05) is 61.5 Å². The normalized spacial score (nSPS) is 11.5. The summed E-state index contributed by atoms with van der Waals surface area (Å²) in [6.07, 6.45) is 1.27. The first-order valence-electron chi connectivity index (χ1n) is 9.73. The van der Waals surface area contributed by atoms with Crippen molar-refractivity contribution < 1.29 is 9.59 Å². The second kappa shape index (κ2) is 10.9. The number of carbonyl (C=O) groups is 2. The number of benzene rings is 3. The Hall–Kier alpha value is -2.76. The summed E-state index contributed by atoms with van der Waals surface area (Å²) in [4.78, 5) is 25.9. The van der Waals surface area contributed by atoms with Gasteiger partial charge in [-0.1, -0.05) is 54.9 Å². The van der Waals surface area contributed by atoms with Gasteiger partial charge in [0.05, 0.1) is 0 Å². The van der Waals surface area contributed by atoms with Crippen LogP contribution in [0.15, 0.2) is 83.8 Å². The SMILES string of the molecule is CCCC(=O)Nc1cccc(SC(C(=O)Nc2ccc(Cl)cc2)c2ccccc2)c1. The third-order valence-corrected chi connectivity index (χ3v) is 5.80. The zero-order valence-corrected chi connectivity index (χ0v) is 18.2. The summed E-state index contributed by atoms with van der Waals surface area (Å²) in [6, 6.07) is 24.2. The number of hydrogen-bond acceptors (Lipinski definition) is 3. The summed E-state index contributed by atoms with van der Waals surface area (Å²) in [6.45, 7) is 1.97. The minimum absolute atomic E-state index is 0.0141. The number of amides is 2. The molecule has 0 heterocycles. The van der Waals surface area contributed by atoms with E-state index in [9.17, 15) is 9.59 Å². The number of rotatable bonds is 8. The molecule has 2 amide bonds. The predicted octanol–water partition coefficient (Wildman–Crippen LogP) is 6.55. The standard InChI is InChI=1S/C24H23ClN2O2S/c1-2-7-22(28)26-20-10-6-11-21(16-20)30-23(17-8-4-3-5-9-17)24(29)27-19-14-12-18(25)13-15-19/h3-6,8-16,23H,2,7H2,1H3,(H,26,28)(H,27,29). The van der Waals surface area contributed by atoms with Gasteiger partial charge in [-0.2, -0.15) is 0 Å². The Balaban J connectivity index is 1.80. The first-order chi connectivity index (χ1) is 14.5. The average molecular weight is 439 g/mol. The summed E-state index contributed by atoms with van der Waals surface area (Å²) in [5.74, 6) is -0.145. The molecule has 0 radical (unpaired) electrons. The maximum absolute atomic E-state index is 13.1. The van der Waals surface area contributed by atoms with Crippen LogP contribution < -0.4 is 10.6 Å². The van der Waals surface area contributed by atoms with Crippen LogP contribution in [-0.2, 0) is 9.59 Å². The van der Waals surface area contributed by atoms with Gasteiger partial charge < -0.3 is 10.6 Å². The number of hydrogen-bond donors (Lipinski definition) is 2. The fourth-order valence-corrected chi connectivity index (χ4v) is 4.09. The smallest absolute Gasteiger partial charge is 0.242 e. The minimum Gasteiger partial charge on any atom is -0.326 e. The van der Waals surface area contributed by atoms with E-state index in [1.54, 1.807) is 24.3 Å². The quantitative estimate of drug-likeness (QED) is 0.392. The fourth-order valence-electron chi connectivity index (χ4n) is 2.88. The highest BCUT2D eigenvalue weighted by atomic mass is 35.5. The summed E-state index contributed by atoms with van der Waals surface area (Å²) < 4.78 is 0. The molecule has 0 spiro atoms. The van der Waals surface area contributed by atoms with Gasteiger partial charge in [-0.15, -0.1) is 11.8 Å². The lowest BCUT2D eigenvalue weighted by Gasteiger charge is -2.18. The lowest BCUT2D eigenvalue weighted by molar-refractivity contribution is -0.116. The summed E-state index contributed by atoms with van der Waals surface area (Å²) in [5.41, 5.74) is 2.31. The summed E-state index contributed by atoms with van der Waals surface area (Å²) in [7, 11) is 0. The molecule has 4 nitrogen and oxygen atoms in total. The van der Waals surface area contributed by atoms with Crippen LogP contribution >= 0.6 is 23.4 Å². The molecular weight excluding hydrogens is 416 g/mol. The molecule has 3 rings (SSSR count). The Bertz CT molecular complexity index is 994. The molecule has 3 aromatic rings.